The molecule has 1 atom stereocenters. The van der Waals surface area contributed by atoms with Gasteiger partial charge in [0.1, 0.15) is 6.04 Å². The van der Waals surface area contributed by atoms with Crippen molar-refractivity contribution in [3.8, 4) is 0 Å². The molecule has 0 fully saturated rings. The first kappa shape index (κ1) is 27.7. The molecule has 0 aromatic heterocycles. The maximum atomic E-state index is 13.2. The van der Waals surface area contributed by atoms with Crippen LogP contribution in [-0.4, -0.2) is 50.0 Å². The molecule has 0 spiro atoms. The van der Waals surface area contributed by atoms with Crippen LogP contribution in [0.5, 0.6) is 0 Å². The van der Waals surface area contributed by atoms with Crippen molar-refractivity contribution in [3.05, 3.63) is 64.7 Å². The molecule has 0 saturated carbocycles. The molecule has 2 amide bonds. The summed E-state index contributed by atoms with van der Waals surface area (Å²) in [6.07, 6.45) is 1.57. The van der Waals surface area contributed by atoms with Gasteiger partial charge in [-0.25, -0.2) is 8.42 Å². The maximum absolute atomic E-state index is 13.2. The first-order valence-electron chi connectivity index (χ1n) is 11.3. The van der Waals surface area contributed by atoms with Crippen LogP contribution in [0.25, 0.3) is 0 Å². The summed E-state index contributed by atoms with van der Waals surface area (Å²) in [5, 5.41) is 3.44. The molecule has 186 valence electrons. The highest BCUT2D eigenvalue weighted by Crippen LogP contribution is 2.20. The number of anilines is 1. The summed E-state index contributed by atoms with van der Waals surface area (Å²) in [5.41, 5.74) is 2.43. The Balaban J connectivity index is 2.15. The van der Waals surface area contributed by atoms with Gasteiger partial charge in [0.15, 0.2) is 0 Å². The highest BCUT2D eigenvalue weighted by Gasteiger charge is 2.27. The van der Waals surface area contributed by atoms with E-state index in [0.29, 0.717) is 17.1 Å². The van der Waals surface area contributed by atoms with E-state index < -0.39 is 16.1 Å². The smallest absolute Gasteiger partial charge is 0.242 e. The van der Waals surface area contributed by atoms with Gasteiger partial charge in [-0.15, -0.1) is 0 Å². The van der Waals surface area contributed by atoms with Crippen LogP contribution in [0.15, 0.2) is 48.5 Å². The van der Waals surface area contributed by atoms with E-state index in [1.807, 2.05) is 45.0 Å². The van der Waals surface area contributed by atoms with Crippen molar-refractivity contribution >= 4 is 39.1 Å². The zero-order chi connectivity index (χ0) is 25.5. The number of benzene rings is 2. The van der Waals surface area contributed by atoms with Gasteiger partial charge in [0.2, 0.25) is 21.8 Å². The van der Waals surface area contributed by atoms with Crippen molar-refractivity contribution in [2.24, 2.45) is 0 Å². The quantitative estimate of drug-likeness (QED) is 0.495. The summed E-state index contributed by atoms with van der Waals surface area (Å²) in [6, 6.07) is 13.6. The second kappa shape index (κ2) is 12.2. The molecule has 34 heavy (non-hydrogen) atoms. The molecule has 0 heterocycles. The van der Waals surface area contributed by atoms with Gasteiger partial charge in [-0.2, -0.15) is 0 Å². The molecule has 1 N–H and O–H groups in total. The second-order valence-electron chi connectivity index (χ2n) is 8.76. The van der Waals surface area contributed by atoms with Crippen molar-refractivity contribution in [1.29, 1.82) is 0 Å². The molecule has 9 heteroatoms. The van der Waals surface area contributed by atoms with Crippen molar-refractivity contribution < 1.29 is 18.0 Å². The number of sulfonamides is 1. The highest BCUT2D eigenvalue weighted by molar-refractivity contribution is 7.92. The molecule has 0 bridgehead atoms. The van der Waals surface area contributed by atoms with E-state index in [4.69, 9.17) is 11.6 Å². The Morgan fingerprint density at radius 2 is 1.59 bits per heavy atom. The number of rotatable bonds is 11. The van der Waals surface area contributed by atoms with Crippen LogP contribution in [0.1, 0.15) is 44.7 Å². The average molecular weight is 508 g/mol. The summed E-state index contributed by atoms with van der Waals surface area (Å²) < 4.78 is 26.0. The number of nitrogens with zero attached hydrogens (tertiary/aromatic N) is 2. The summed E-state index contributed by atoms with van der Waals surface area (Å²) >= 11 is 5.98. The fraction of sp³-hybridized carbons (Fsp3) is 0.440. The molecular weight excluding hydrogens is 474 g/mol. The van der Waals surface area contributed by atoms with E-state index in [-0.39, 0.29) is 37.4 Å². The lowest BCUT2D eigenvalue weighted by molar-refractivity contribution is -0.140. The second-order valence-corrected chi connectivity index (χ2v) is 11.1. The van der Waals surface area contributed by atoms with Gasteiger partial charge < -0.3 is 10.2 Å². The van der Waals surface area contributed by atoms with Gasteiger partial charge in [-0.05, 0) is 63.9 Å². The first-order chi connectivity index (χ1) is 15.9. The van der Waals surface area contributed by atoms with Crippen LogP contribution in [0.3, 0.4) is 0 Å². The molecule has 0 radical (unpaired) electrons. The monoisotopic (exact) mass is 507 g/mol. The Morgan fingerprint density at radius 1 is 1.00 bits per heavy atom. The Morgan fingerprint density at radius 3 is 2.12 bits per heavy atom. The third kappa shape index (κ3) is 8.33. The molecule has 0 saturated heterocycles. The number of aryl methyl sites for hydroxylation is 1. The SMILES string of the molecule is Cc1ccc(N(CCCC(=O)N(Cc2ccc(Cl)cc2)C(C)C(=O)NC(C)C)S(C)(=O)=O)cc1. The van der Waals surface area contributed by atoms with Crippen LogP contribution >= 0.6 is 11.6 Å². The first-order valence-corrected chi connectivity index (χ1v) is 13.5. The third-order valence-corrected chi connectivity index (χ3v) is 6.78. The lowest BCUT2D eigenvalue weighted by Crippen LogP contribution is -2.49. The van der Waals surface area contributed by atoms with Crippen LogP contribution in [0.2, 0.25) is 5.02 Å². The van der Waals surface area contributed by atoms with E-state index in [2.05, 4.69) is 5.32 Å². The normalized spacial score (nSPS) is 12.3. The minimum atomic E-state index is -3.51. The topological polar surface area (TPSA) is 86.8 Å². The minimum Gasteiger partial charge on any atom is -0.352 e. The fourth-order valence-electron chi connectivity index (χ4n) is 3.49. The number of hydrogen-bond acceptors (Lipinski definition) is 4. The molecule has 0 aliphatic heterocycles. The Bertz CT molecular complexity index is 1070. The molecule has 0 aliphatic rings. The van der Waals surface area contributed by atoms with Gasteiger partial charge in [0.05, 0.1) is 11.9 Å². The molecule has 2 rings (SSSR count). The summed E-state index contributed by atoms with van der Waals surface area (Å²) in [4.78, 5) is 27.4. The summed E-state index contributed by atoms with van der Waals surface area (Å²) in [6.45, 7) is 7.76. The van der Waals surface area contributed by atoms with Crippen molar-refractivity contribution in [2.75, 3.05) is 17.1 Å². The molecule has 2 aromatic carbocycles. The Kier molecular flexibility index (Phi) is 9.94. The largest absolute Gasteiger partial charge is 0.352 e. The number of carbonyl (C=O) groups is 2. The van der Waals surface area contributed by atoms with E-state index in [1.165, 1.54) is 9.21 Å². The Hall–Kier alpha value is -2.58. The molecule has 0 aliphatic carbocycles. The minimum absolute atomic E-state index is 0.0553. The number of amides is 2. The van der Waals surface area contributed by atoms with Crippen LogP contribution in [0, 0.1) is 6.92 Å². The lowest BCUT2D eigenvalue weighted by atomic mass is 10.1. The lowest BCUT2D eigenvalue weighted by Gasteiger charge is -2.30. The highest BCUT2D eigenvalue weighted by atomic mass is 35.5. The molecule has 7 nitrogen and oxygen atoms in total. The average Bonchev–Trinajstić information content (AvgIpc) is 2.75. The van der Waals surface area contributed by atoms with E-state index in [1.54, 1.807) is 31.2 Å². The summed E-state index contributed by atoms with van der Waals surface area (Å²) in [7, 11) is -3.51. The molecule has 1 unspecified atom stereocenters. The van der Waals surface area contributed by atoms with E-state index >= 15 is 0 Å². The number of halogens is 1. The predicted molar refractivity (Wildman–Crippen MR) is 137 cm³/mol. The Labute approximate surface area is 208 Å². The predicted octanol–water partition coefficient (Wildman–Crippen LogP) is 4.14. The van der Waals surface area contributed by atoms with Crippen LogP contribution in [-0.2, 0) is 26.2 Å². The number of hydrogen-bond donors (Lipinski definition) is 1. The van der Waals surface area contributed by atoms with Crippen molar-refractivity contribution in [1.82, 2.24) is 10.2 Å². The standard InChI is InChI=1S/C25H34ClN3O4S/c1-18(2)27-25(31)20(4)28(17-21-10-12-22(26)13-11-21)24(30)7-6-16-29(34(5,32)33)23-14-8-19(3)9-15-23/h8-15,18,20H,6-7,16-17H2,1-5H3,(H,27,31). The van der Waals surface area contributed by atoms with Gasteiger partial charge >= 0.3 is 0 Å². The molecule has 2 aromatic rings. The third-order valence-electron chi connectivity index (χ3n) is 5.34. The number of nitrogens with one attached hydrogen (secondary N) is 1. The molecular formula is C25H34ClN3O4S. The maximum Gasteiger partial charge on any atom is 0.242 e. The van der Waals surface area contributed by atoms with Crippen molar-refractivity contribution in [3.63, 3.8) is 0 Å². The van der Waals surface area contributed by atoms with E-state index in [9.17, 15) is 18.0 Å². The summed E-state index contributed by atoms with van der Waals surface area (Å²) in [5.74, 6) is -0.464. The zero-order valence-corrected chi connectivity index (χ0v) is 22.0. The number of carbonyl (C=O) groups excluding carboxylic acids is 2. The van der Waals surface area contributed by atoms with Gasteiger partial charge in [0, 0.05) is 30.6 Å². The van der Waals surface area contributed by atoms with Crippen LogP contribution in [0.4, 0.5) is 5.69 Å². The van der Waals surface area contributed by atoms with E-state index in [0.717, 1.165) is 17.4 Å². The van der Waals surface area contributed by atoms with Gasteiger partial charge in [0.25, 0.3) is 0 Å². The van der Waals surface area contributed by atoms with Crippen molar-refractivity contribution in [2.45, 2.75) is 59.2 Å². The fourth-order valence-corrected chi connectivity index (χ4v) is 4.58. The van der Waals surface area contributed by atoms with Crippen LogP contribution < -0.4 is 9.62 Å². The zero-order valence-electron chi connectivity index (χ0n) is 20.4. The van der Waals surface area contributed by atoms with Gasteiger partial charge in [-0.1, -0.05) is 41.4 Å². The van der Waals surface area contributed by atoms with Gasteiger partial charge in [-0.3, -0.25) is 13.9 Å².